The van der Waals surface area contributed by atoms with Gasteiger partial charge in [0.1, 0.15) is 0 Å². The minimum atomic E-state index is 0.606. The Kier molecular flexibility index (Phi) is 1.16. The van der Waals surface area contributed by atoms with Crippen molar-refractivity contribution in [2.45, 2.75) is 41.0 Å². The average molecular weight is 152 g/mol. The molecule has 11 heavy (non-hydrogen) atoms. The summed E-state index contributed by atoms with van der Waals surface area (Å²) in [5.41, 5.74) is 1.29. The normalized spacial score (nSPS) is 59.2. The zero-order valence-electron chi connectivity index (χ0n) is 8.44. The van der Waals surface area contributed by atoms with E-state index in [4.69, 9.17) is 0 Å². The summed E-state index contributed by atoms with van der Waals surface area (Å²) in [5, 5.41) is 0. The Morgan fingerprint density at radius 3 is 1.91 bits per heavy atom. The first kappa shape index (κ1) is 7.64. The van der Waals surface area contributed by atoms with Gasteiger partial charge >= 0.3 is 0 Å². The lowest BCUT2D eigenvalue weighted by Crippen LogP contribution is -2.70. The van der Waals surface area contributed by atoms with Crippen molar-refractivity contribution in [3.8, 4) is 0 Å². The molecule has 0 aromatic heterocycles. The van der Waals surface area contributed by atoms with Gasteiger partial charge in [-0.2, -0.15) is 0 Å². The van der Waals surface area contributed by atoms with Crippen LogP contribution in [0.2, 0.25) is 0 Å². The summed E-state index contributed by atoms with van der Waals surface area (Å²) in [6.45, 7) is 12.2. The van der Waals surface area contributed by atoms with Crippen molar-refractivity contribution >= 4 is 0 Å². The lowest BCUT2D eigenvalue weighted by molar-refractivity contribution is -0.275. The molecular weight excluding hydrogens is 132 g/mol. The van der Waals surface area contributed by atoms with Crippen molar-refractivity contribution in [3.05, 3.63) is 0 Å². The van der Waals surface area contributed by atoms with Gasteiger partial charge in [-0.05, 0) is 35.0 Å². The quantitative estimate of drug-likeness (QED) is 0.499. The highest BCUT2D eigenvalue weighted by Gasteiger charge is 2.69. The Morgan fingerprint density at radius 2 is 1.64 bits per heavy atom. The lowest BCUT2D eigenvalue weighted by atomic mass is 9.29. The molecule has 0 N–H and O–H groups in total. The van der Waals surface area contributed by atoms with Gasteiger partial charge in [0.25, 0.3) is 0 Å². The molecule has 0 aromatic carbocycles. The van der Waals surface area contributed by atoms with Gasteiger partial charge in [0.05, 0.1) is 0 Å². The fourth-order valence-corrected chi connectivity index (χ4v) is 3.81. The Labute approximate surface area is 70.4 Å². The molecule has 4 atom stereocenters. The molecule has 0 aliphatic heterocycles. The topological polar surface area (TPSA) is 0 Å². The fraction of sp³-hybridized carbons (Fsp3) is 1.00. The third kappa shape index (κ3) is 0.522. The van der Waals surface area contributed by atoms with Crippen LogP contribution in [0.4, 0.5) is 0 Å². The summed E-state index contributed by atoms with van der Waals surface area (Å²) >= 11 is 0. The molecule has 0 bridgehead atoms. The van der Waals surface area contributed by atoms with E-state index in [9.17, 15) is 0 Å². The standard InChI is InChI=1S/C11H20/c1-7-6-9-8(2)10(3,4)11(7,9)5/h7-9H,6H2,1-5H3/t7-,8+,9-,11-/m0/s1. The lowest BCUT2D eigenvalue weighted by Gasteiger charge is -2.75. The Balaban J connectivity index is 2.27. The van der Waals surface area contributed by atoms with Gasteiger partial charge in [0, 0.05) is 0 Å². The SMILES string of the molecule is C[C@@H]1[C@@H]2C[C@H](C)[C@]2(C)C1(C)C. The van der Waals surface area contributed by atoms with Crippen LogP contribution in [-0.2, 0) is 0 Å². The molecule has 0 saturated heterocycles. The van der Waals surface area contributed by atoms with E-state index in [1.165, 1.54) is 6.42 Å². The number of hydrogen-bond acceptors (Lipinski definition) is 0. The van der Waals surface area contributed by atoms with E-state index in [1.54, 1.807) is 0 Å². The van der Waals surface area contributed by atoms with Crippen molar-refractivity contribution in [3.63, 3.8) is 0 Å². The maximum absolute atomic E-state index is 2.49. The first-order chi connectivity index (χ1) is 4.92. The summed E-state index contributed by atoms with van der Waals surface area (Å²) < 4.78 is 0. The minimum Gasteiger partial charge on any atom is -0.0619 e. The predicted octanol–water partition coefficient (Wildman–Crippen LogP) is 3.32. The Hall–Kier alpha value is 0. The maximum Gasteiger partial charge on any atom is -0.0215 e. The van der Waals surface area contributed by atoms with Crippen LogP contribution in [0.25, 0.3) is 0 Å². The van der Waals surface area contributed by atoms with E-state index in [0.717, 1.165) is 17.8 Å². The molecule has 0 spiro atoms. The number of rotatable bonds is 0. The molecule has 0 radical (unpaired) electrons. The maximum atomic E-state index is 2.49. The van der Waals surface area contributed by atoms with Crippen molar-refractivity contribution in [2.24, 2.45) is 28.6 Å². The van der Waals surface area contributed by atoms with E-state index < -0.39 is 0 Å². The average Bonchev–Trinajstić information content (AvgIpc) is 1.96. The van der Waals surface area contributed by atoms with E-state index >= 15 is 0 Å². The van der Waals surface area contributed by atoms with Crippen LogP contribution >= 0.6 is 0 Å². The second-order valence-electron chi connectivity index (χ2n) is 5.54. The molecule has 0 unspecified atom stereocenters. The van der Waals surface area contributed by atoms with E-state index in [0.29, 0.717) is 10.8 Å². The first-order valence-electron chi connectivity index (χ1n) is 4.92. The van der Waals surface area contributed by atoms with Gasteiger partial charge < -0.3 is 0 Å². The van der Waals surface area contributed by atoms with Crippen LogP contribution in [0.15, 0.2) is 0 Å². The van der Waals surface area contributed by atoms with Crippen LogP contribution in [0.1, 0.15) is 41.0 Å². The molecule has 2 rings (SSSR count). The monoisotopic (exact) mass is 152 g/mol. The van der Waals surface area contributed by atoms with Gasteiger partial charge in [0.2, 0.25) is 0 Å². The highest BCUT2D eigenvalue weighted by molar-refractivity contribution is 5.17. The Morgan fingerprint density at radius 1 is 1.09 bits per heavy atom. The van der Waals surface area contributed by atoms with Crippen LogP contribution in [-0.4, -0.2) is 0 Å². The highest BCUT2D eigenvalue weighted by atomic mass is 14.7. The van der Waals surface area contributed by atoms with Gasteiger partial charge in [-0.25, -0.2) is 0 Å². The molecule has 0 heteroatoms. The largest absolute Gasteiger partial charge is 0.0619 e. The molecule has 0 amide bonds. The van der Waals surface area contributed by atoms with Gasteiger partial charge in [-0.3, -0.25) is 0 Å². The van der Waals surface area contributed by atoms with Crippen LogP contribution in [0.3, 0.4) is 0 Å². The molecule has 64 valence electrons. The molecule has 2 aliphatic rings. The van der Waals surface area contributed by atoms with E-state index in [2.05, 4.69) is 34.6 Å². The summed E-state index contributed by atoms with van der Waals surface area (Å²) in [5.74, 6) is 2.98. The van der Waals surface area contributed by atoms with Crippen molar-refractivity contribution in [2.75, 3.05) is 0 Å². The number of fused-ring (bicyclic) bond motifs is 1. The predicted molar refractivity (Wildman–Crippen MR) is 48.3 cm³/mol. The minimum absolute atomic E-state index is 0.606. The summed E-state index contributed by atoms with van der Waals surface area (Å²) in [6.07, 6.45) is 1.49. The smallest absolute Gasteiger partial charge is 0.0215 e. The fourth-order valence-electron chi connectivity index (χ4n) is 3.81. The van der Waals surface area contributed by atoms with Crippen molar-refractivity contribution < 1.29 is 0 Å². The highest BCUT2D eigenvalue weighted by Crippen LogP contribution is 2.76. The van der Waals surface area contributed by atoms with Gasteiger partial charge in [-0.1, -0.05) is 34.6 Å². The van der Waals surface area contributed by atoms with Crippen LogP contribution < -0.4 is 0 Å². The summed E-state index contributed by atoms with van der Waals surface area (Å²) in [4.78, 5) is 0. The van der Waals surface area contributed by atoms with Crippen molar-refractivity contribution in [1.82, 2.24) is 0 Å². The second-order valence-corrected chi connectivity index (χ2v) is 5.54. The first-order valence-corrected chi connectivity index (χ1v) is 4.92. The van der Waals surface area contributed by atoms with Crippen LogP contribution in [0, 0.1) is 28.6 Å². The molecule has 0 heterocycles. The molecule has 2 saturated carbocycles. The van der Waals surface area contributed by atoms with Gasteiger partial charge in [0.15, 0.2) is 0 Å². The summed E-state index contributed by atoms with van der Waals surface area (Å²) in [7, 11) is 0. The Bertz CT molecular complexity index is 192. The van der Waals surface area contributed by atoms with Gasteiger partial charge in [-0.15, -0.1) is 0 Å². The molecule has 0 aromatic rings. The number of hydrogen-bond donors (Lipinski definition) is 0. The molecule has 0 nitrogen and oxygen atoms in total. The van der Waals surface area contributed by atoms with E-state index in [1.807, 2.05) is 0 Å². The van der Waals surface area contributed by atoms with Crippen LogP contribution in [0.5, 0.6) is 0 Å². The van der Waals surface area contributed by atoms with E-state index in [-0.39, 0.29) is 0 Å². The van der Waals surface area contributed by atoms with Crippen molar-refractivity contribution in [1.29, 1.82) is 0 Å². The molecule has 2 aliphatic carbocycles. The molecular formula is C11H20. The second kappa shape index (κ2) is 1.67. The molecule has 2 fully saturated rings. The summed E-state index contributed by atoms with van der Waals surface area (Å²) in [6, 6.07) is 0. The third-order valence-electron chi connectivity index (χ3n) is 5.53. The zero-order valence-corrected chi connectivity index (χ0v) is 8.44. The zero-order chi connectivity index (χ0) is 8.44. The third-order valence-corrected chi connectivity index (χ3v) is 5.53.